The highest BCUT2D eigenvalue weighted by molar-refractivity contribution is 7.89. The van der Waals surface area contributed by atoms with E-state index in [-0.39, 0.29) is 52.7 Å². The molecule has 2 saturated carbocycles. The highest BCUT2D eigenvalue weighted by Gasteiger charge is 2.50. The van der Waals surface area contributed by atoms with Gasteiger partial charge in [0.05, 0.1) is 33.7 Å². The third kappa shape index (κ3) is 7.41. The van der Waals surface area contributed by atoms with Gasteiger partial charge in [0, 0.05) is 62.3 Å². The van der Waals surface area contributed by atoms with Gasteiger partial charge in [-0.15, -0.1) is 0 Å². The molecular weight excluding hydrogens is 834 g/mol. The first-order chi connectivity index (χ1) is 30.1. The van der Waals surface area contributed by atoms with Crippen molar-refractivity contribution in [2.45, 2.75) is 125 Å². The predicted octanol–water partition coefficient (Wildman–Crippen LogP) is 2.93. The molecule has 1 unspecified atom stereocenters. The quantitative estimate of drug-likeness (QED) is 0.279. The van der Waals surface area contributed by atoms with E-state index in [1.165, 1.54) is 12.1 Å². The zero-order valence-electron chi connectivity index (χ0n) is 35.4. The Morgan fingerprint density at radius 2 is 1.57 bits per heavy atom. The number of imide groups is 2. The number of likely N-dealkylation sites (tertiary alicyclic amines) is 1. The van der Waals surface area contributed by atoms with Crippen molar-refractivity contribution in [2.24, 2.45) is 5.41 Å². The SMILES string of the molecule is C[C@@]1(O)CCC[C@H]1n1c(=O)ccc2cnc(NC3CCN(S(=O)(=O)C4CCN(C5CC6(CCN(c7cc8c(cc7F)C(=O)N(C7CCC(=O)NC7=O)C8=O)CC6)C5)CC4)CC3)nc21. The van der Waals surface area contributed by atoms with Crippen LogP contribution in [0.3, 0.4) is 0 Å². The summed E-state index contributed by atoms with van der Waals surface area (Å²) in [5, 5.41) is 16.9. The van der Waals surface area contributed by atoms with Crippen molar-refractivity contribution in [1.82, 2.24) is 34.0 Å². The van der Waals surface area contributed by atoms with Gasteiger partial charge in [0.1, 0.15) is 17.5 Å². The van der Waals surface area contributed by atoms with Gasteiger partial charge >= 0.3 is 0 Å². The highest BCUT2D eigenvalue weighted by atomic mass is 32.2. The van der Waals surface area contributed by atoms with Crippen LogP contribution in [-0.4, -0.2) is 134 Å². The van der Waals surface area contributed by atoms with Crippen molar-refractivity contribution in [3.63, 3.8) is 0 Å². The topological polar surface area (TPSA) is 207 Å². The van der Waals surface area contributed by atoms with E-state index in [0.29, 0.717) is 87.7 Å². The zero-order valence-corrected chi connectivity index (χ0v) is 36.2. The standard InChI is InChI=1S/C44H54FN9O8S/c1-43(60)12-2-3-35(43)54-37(56)7-4-26-25-46-42(49-38(26)54)47-27-8-17-52(18-9-27)63(61,62)29-10-15-50(16-11-29)28-23-44(24-28)13-19-51(20-14-44)34-22-31-30(21-32(34)45)40(58)53(41(31)59)33-5-6-36(55)48-39(33)57/h4,7,21-22,25,27-29,33,35,60H,2-3,5-6,8-20,23-24H2,1H3,(H,46,47,49)(H,48,55,57)/t33?,35-,43-/m1/s1. The van der Waals surface area contributed by atoms with E-state index in [4.69, 9.17) is 4.98 Å². The maximum atomic E-state index is 15.6. The van der Waals surface area contributed by atoms with E-state index in [0.717, 1.165) is 56.2 Å². The second kappa shape index (κ2) is 15.7. The molecule has 3 atom stereocenters. The lowest BCUT2D eigenvalue weighted by Gasteiger charge is -2.56. The van der Waals surface area contributed by atoms with Gasteiger partial charge in [-0.1, -0.05) is 0 Å². The zero-order chi connectivity index (χ0) is 44.0. The molecule has 19 heteroatoms. The Bertz CT molecular complexity index is 2550. The molecule has 0 radical (unpaired) electrons. The maximum Gasteiger partial charge on any atom is 0.262 e. The van der Waals surface area contributed by atoms with Crippen LogP contribution in [0.5, 0.6) is 0 Å². The predicted molar refractivity (Wildman–Crippen MR) is 229 cm³/mol. The van der Waals surface area contributed by atoms with Gasteiger partial charge in [0.2, 0.25) is 27.8 Å². The van der Waals surface area contributed by atoms with Gasteiger partial charge in [-0.2, -0.15) is 4.98 Å². The number of hydrogen-bond donors (Lipinski definition) is 3. The number of nitrogens with zero attached hydrogens (tertiary/aromatic N) is 7. The van der Waals surface area contributed by atoms with E-state index in [2.05, 4.69) is 20.5 Å². The van der Waals surface area contributed by atoms with Crippen molar-refractivity contribution in [3.05, 3.63) is 57.8 Å². The molecule has 10 rings (SSSR count). The minimum Gasteiger partial charge on any atom is -0.388 e. The highest BCUT2D eigenvalue weighted by Crippen LogP contribution is 2.52. The summed E-state index contributed by atoms with van der Waals surface area (Å²) in [6.07, 6.45) is 9.89. The normalized spacial score (nSPS) is 27.9. The fraction of sp³-hybridized carbons (Fsp3) is 0.614. The molecule has 2 aliphatic carbocycles. The Balaban J connectivity index is 0.694. The molecule has 6 fully saturated rings. The molecule has 2 aromatic heterocycles. The summed E-state index contributed by atoms with van der Waals surface area (Å²) >= 11 is 0. The number of benzene rings is 1. The first-order valence-electron chi connectivity index (χ1n) is 22.5. The van der Waals surface area contributed by atoms with Gasteiger partial charge < -0.3 is 20.2 Å². The third-order valence-corrected chi connectivity index (χ3v) is 17.8. The van der Waals surface area contributed by atoms with Crippen LogP contribution in [0.1, 0.15) is 117 Å². The van der Waals surface area contributed by atoms with E-state index in [1.54, 1.807) is 28.1 Å². The van der Waals surface area contributed by atoms with E-state index < -0.39 is 56.4 Å². The summed E-state index contributed by atoms with van der Waals surface area (Å²) in [6.45, 7) is 5.19. The molecule has 1 aromatic carbocycles. The number of nitrogens with one attached hydrogen (secondary N) is 2. The molecule has 63 heavy (non-hydrogen) atoms. The molecule has 7 heterocycles. The Morgan fingerprint density at radius 1 is 0.873 bits per heavy atom. The Morgan fingerprint density at radius 3 is 2.24 bits per heavy atom. The lowest BCUT2D eigenvalue weighted by atomic mass is 9.59. The van der Waals surface area contributed by atoms with Gasteiger partial charge in [-0.05, 0) is 121 Å². The number of carbonyl (C=O) groups is 4. The Labute approximate surface area is 364 Å². The van der Waals surface area contributed by atoms with Crippen molar-refractivity contribution in [1.29, 1.82) is 0 Å². The van der Waals surface area contributed by atoms with Crippen molar-refractivity contribution in [3.8, 4) is 0 Å². The summed E-state index contributed by atoms with van der Waals surface area (Å²) in [7, 11) is -3.49. The number of aliphatic hydroxyl groups is 1. The summed E-state index contributed by atoms with van der Waals surface area (Å²) in [5.41, 5.74) is -0.365. The molecule has 4 amide bonds. The fourth-order valence-electron chi connectivity index (χ4n) is 11.7. The van der Waals surface area contributed by atoms with Crippen molar-refractivity contribution < 1.29 is 37.1 Å². The van der Waals surface area contributed by atoms with Crippen molar-refractivity contribution in [2.75, 3.05) is 49.5 Å². The molecule has 3 aromatic rings. The van der Waals surface area contributed by atoms with Crippen LogP contribution in [-0.2, 0) is 19.6 Å². The van der Waals surface area contributed by atoms with Gasteiger partial charge in [-0.25, -0.2) is 22.1 Å². The minimum atomic E-state index is -3.49. The van der Waals surface area contributed by atoms with Gasteiger partial charge in [0.25, 0.3) is 17.4 Å². The molecular formula is C44H54FN9O8S. The smallest absolute Gasteiger partial charge is 0.262 e. The summed E-state index contributed by atoms with van der Waals surface area (Å²) in [5.74, 6) is -2.78. The summed E-state index contributed by atoms with van der Waals surface area (Å²) in [4.78, 5) is 78.1. The molecule has 17 nitrogen and oxygen atoms in total. The van der Waals surface area contributed by atoms with E-state index in [9.17, 15) is 37.5 Å². The number of sulfonamides is 1. The van der Waals surface area contributed by atoms with Crippen LogP contribution in [0.15, 0.2) is 35.3 Å². The van der Waals surface area contributed by atoms with Gasteiger partial charge in [-0.3, -0.25) is 38.8 Å². The maximum absolute atomic E-state index is 15.6. The number of pyridine rings is 1. The monoisotopic (exact) mass is 887 g/mol. The number of carbonyl (C=O) groups excluding carboxylic acids is 4. The molecule has 5 aliphatic heterocycles. The molecule has 4 saturated heterocycles. The largest absolute Gasteiger partial charge is 0.388 e. The first-order valence-corrected chi connectivity index (χ1v) is 24.0. The molecule has 7 aliphatic rings. The number of rotatable bonds is 8. The Hall–Kier alpha value is -4.85. The molecule has 3 N–H and O–H groups in total. The van der Waals surface area contributed by atoms with Crippen LogP contribution in [0.4, 0.5) is 16.0 Å². The average Bonchev–Trinajstić information content (AvgIpc) is 3.72. The number of hydrogen-bond acceptors (Lipinski definition) is 13. The lowest BCUT2D eigenvalue weighted by molar-refractivity contribution is -0.136. The Kier molecular flexibility index (Phi) is 10.5. The first kappa shape index (κ1) is 42.1. The number of halogens is 1. The minimum absolute atomic E-state index is 0.00645. The van der Waals surface area contributed by atoms with Crippen LogP contribution in [0.25, 0.3) is 11.0 Å². The molecule has 0 bridgehead atoms. The van der Waals surface area contributed by atoms with Gasteiger partial charge in [0.15, 0.2) is 0 Å². The summed E-state index contributed by atoms with van der Waals surface area (Å²) in [6, 6.07) is 4.57. The average molecular weight is 888 g/mol. The van der Waals surface area contributed by atoms with Crippen LogP contribution in [0, 0.1) is 11.2 Å². The summed E-state index contributed by atoms with van der Waals surface area (Å²) < 4.78 is 46.6. The molecule has 1 spiro atoms. The third-order valence-electron chi connectivity index (χ3n) is 15.4. The number of anilines is 2. The van der Waals surface area contributed by atoms with Crippen LogP contribution < -0.4 is 21.1 Å². The fourth-order valence-corrected chi connectivity index (χ4v) is 13.6. The number of piperidine rings is 4. The van der Waals surface area contributed by atoms with Crippen molar-refractivity contribution >= 4 is 56.3 Å². The van der Waals surface area contributed by atoms with Crippen LogP contribution in [0.2, 0.25) is 0 Å². The van der Waals surface area contributed by atoms with E-state index in [1.807, 2.05) is 4.90 Å². The van der Waals surface area contributed by atoms with E-state index >= 15 is 4.39 Å². The number of amides is 4. The molecule has 336 valence electrons. The van der Waals surface area contributed by atoms with Crippen LogP contribution >= 0.6 is 0 Å². The number of aromatic nitrogens is 3. The second-order valence-electron chi connectivity index (χ2n) is 19.2. The second-order valence-corrected chi connectivity index (χ2v) is 21.4. The lowest BCUT2D eigenvalue weighted by Crippen LogP contribution is -2.57. The number of fused-ring (bicyclic) bond motifs is 2.